The highest BCUT2D eigenvalue weighted by Gasteiger charge is 2.33. The molecule has 0 radical (unpaired) electrons. The zero-order valence-corrected chi connectivity index (χ0v) is 9.26. The van der Waals surface area contributed by atoms with Crippen LogP contribution in [0.2, 0.25) is 0 Å². The molecule has 1 heterocycles. The third-order valence-corrected chi connectivity index (χ3v) is 3.22. The second-order valence-electron chi connectivity index (χ2n) is 4.74. The lowest BCUT2D eigenvalue weighted by Gasteiger charge is -2.34. The maximum Gasteiger partial charge on any atom is 0.148 e. The number of nitrogens with zero attached hydrogens (tertiary/aromatic N) is 1. The van der Waals surface area contributed by atoms with Gasteiger partial charge in [0.25, 0.3) is 0 Å². The molecule has 3 heteroatoms. The van der Waals surface area contributed by atoms with Crippen LogP contribution in [-0.2, 0) is 0 Å². The second-order valence-corrected chi connectivity index (χ2v) is 4.74. The van der Waals surface area contributed by atoms with E-state index in [0.29, 0.717) is 0 Å². The smallest absolute Gasteiger partial charge is 0.148 e. The molecular formula is C12H17FN2. The lowest BCUT2D eigenvalue weighted by Crippen LogP contribution is -2.38. The van der Waals surface area contributed by atoms with Crippen LogP contribution >= 0.6 is 0 Å². The van der Waals surface area contributed by atoms with E-state index in [0.717, 1.165) is 25.1 Å². The summed E-state index contributed by atoms with van der Waals surface area (Å²) < 4.78 is 13.3. The van der Waals surface area contributed by atoms with Crippen LogP contribution in [0, 0.1) is 5.82 Å². The fourth-order valence-corrected chi connectivity index (χ4v) is 2.31. The summed E-state index contributed by atoms with van der Waals surface area (Å²) in [5.74, 6) is -0.324. The first kappa shape index (κ1) is 10.3. The molecular weight excluding hydrogens is 191 g/mol. The molecule has 1 aromatic rings. The molecule has 0 spiro atoms. The first-order valence-electron chi connectivity index (χ1n) is 5.34. The van der Waals surface area contributed by atoms with Gasteiger partial charge in [-0.3, -0.25) is 0 Å². The van der Waals surface area contributed by atoms with Crippen molar-refractivity contribution in [3.05, 3.63) is 24.0 Å². The Morgan fingerprint density at radius 3 is 2.73 bits per heavy atom. The Morgan fingerprint density at radius 1 is 1.40 bits per heavy atom. The number of hydrogen-bond donors (Lipinski definition) is 1. The van der Waals surface area contributed by atoms with E-state index in [1.54, 1.807) is 6.07 Å². The van der Waals surface area contributed by atoms with Gasteiger partial charge in [0, 0.05) is 12.1 Å². The zero-order chi connectivity index (χ0) is 11.1. The molecule has 2 nitrogen and oxygen atoms in total. The standard InChI is InChI=1S/C12H17FN2/c1-12(2)7-4-8-15(12)10-6-3-5-9(13)11(10)14/h3,5-6H,4,7-8,14H2,1-2H3. The molecule has 1 aromatic carbocycles. The Hall–Kier alpha value is -1.25. The highest BCUT2D eigenvalue weighted by Crippen LogP contribution is 2.37. The van der Waals surface area contributed by atoms with Crippen molar-refractivity contribution in [2.75, 3.05) is 17.2 Å². The van der Waals surface area contributed by atoms with Crippen molar-refractivity contribution in [1.82, 2.24) is 0 Å². The van der Waals surface area contributed by atoms with Gasteiger partial charge in [-0.15, -0.1) is 0 Å². The van der Waals surface area contributed by atoms with Crippen LogP contribution in [0.1, 0.15) is 26.7 Å². The van der Waals surface area contributed by atoms with E-state index in [1.165, 1.54) is 6.07 Å². The topological polar surface area (TPSA) is 29.3 Å². The average molecular weight is 208 g/mol. The third-order valence-electron chi connectivity index (χ3n) is 3.22. The summed E-state index contributed by atoms with van der Waals surface area (Å²) in [5.41, 5.74) is 6.95. The van der Waals surface area contributed by atoms with Gasteiger partial charge in [0.15, 0.2) is 0 Å². The maximum atomic E-state index is 13.3. The molecule has 82 valence electrons. The molecule has 0 aliphatic carbocycles. The monoisotopic (exact) mass is 208 g/mol. The SMILES string of the molecule is CC1(C)CCCN1c1cccc(F)c1N. The zero-order valence-electron chi connectivity index (χ0n) is 9.26. The van der Waals surface area contributed by atoms with Crippen molar-refractivity contribution in [1.29, 1.82) is 0 Å². The van der Waals surface area contributed by atoms with E-state index in [9.17, 15) is 4.39 Å². The molecule has 0 atom stereocenters. The quantitative estimate of drug-likeness (QED) is 0.719. The minimum atomic E-state index is -0.324. The molecule has 2 rings (SSSR count). The maximum absolute atomic E-state index is 13.3. The van der Waals surface area contributed by atoms with Crippen LogP contribution < -0.4 is 10.6 Å². The highest BCUT2D eigenvalue weighted by molar-refractivity contribution is 5.69. The minimum Gasteiger partial charge on any atom is -0.395 e. The minimum absolute atomic E-state index is 0.0852. The summed E-state index contributed by atoms with van der Waals surface area (Å²) in [4.78, 5) is 2.20. The molecule has 0 bridgehead atoms. The van der Waals surface area contributed by atoms with Crippen LogP contribution in [0.4, 0.5) is 15.8 Å². The van der Waals surface area contributed by atoms with Gasteiger partial charge in [-0.1, -0.05) is 6.07 Å². The van der Waals surface area contributed by atoms with Crippen LogP contribution in [0.5, 0.6) is 0 Å². The van der Waals surface area contributed by atoms with Gasteiger partial charge in [0.2, 0.25) is 0 Å². The molecule has 1 aliphatic heterocycles. The van der Waals surface area contributed by atoms with Crippen LogP contribution in [0.15, 0.2) is 18.2 Å². The van der Waals surface area contributed by atoms with Gasteiger partial charge in [-0.2, -0.15) is 0 Å². The number of halogens is 1. The van der Waals surface area contributed by atoms with Gasteiger partial charge >= 0.3 is 0 Å². The summed E-state index contributed by atoms with van der Waals surface area (Å²) in [5, 5.41) is 0. The Labute approximate surface area is 89.9 Å². The van der Waals surface area contributed by atoms with Crippen molar-refractivity contribution < 1.29 is 4.39 Å². The van der Waals surface area contributed by atoms with Gasteiger partial charge in [-0.05, 0) is 38.8 Å². The molecule has 0 saturated carbocycles. The number of nitrogens with two attached hydrogens (primary N) is 1. The molecule has 0 aromatic heterocycles. The van der Waals surface area contributed by atoms with Gasteiger partial charge in [-0.25, -0.2) is 4.39 Å². The van der Waals surface area contributed by atoms with Crippen molar-refractivity contribution in [3.8, 4) is 0 Å². The normalized spacial score (nSPS) is 19.5. The lowest BCUT2D eigenvalue weighted by molar-refractivity contribution is 0.517. The van der Waals surface area contributed by atoms with Crippen molar-refractivity contribution in [2.45, 2.75) is 32.2 Å². The summed E-state index contributed by atoms with van der Waals surface area (Å²) in [6.07, 6.45) is 2.27. The van der Waals surface area contributed by atoms with E-state index >= 15 is 0 Å². The van der Waals surface area contributed by atoms with E-state index in [2.05, 4.69) is 18.7 Å². The Kier molecular flexibility index (Phi) is 2.33. The third kappa shape index (κ3) is 1.66. The molecule has 1 fully saturated rings. The van der Waals surface area contributed by atoms with Crippen molar-refractivity contribution in [2.24, 2.45) is 0 Å². The first-order valence-corrected chi connectivity index (χ1v) is 5.34. The number of benzene rings is 1. The molecule has 0 amide bonds. The predicted molar refractivity (Wildman–Crippen MR) is 61.5 cm³/mol. The number of hydrogen-bond acceptors (Lipinski definition) is 2. The van der Waals surface area contributed by atoms with Crippen LogP contribution in [0.3, 0.4) is 0 Å². The lowest BCUT2D eigenvalue weighted by atomic mass is 10.0. The van der Waals surface area contributed by atoms with Gasteiger partial charge < -0.3 is 10.6 Å². The molecule has 2 N–H and O–H groups in total. The fraction of sp³-hybridized carbons (Fsp3) is 0.500. The largest absolute Gasteiger partial charge is 0.395 e. The first-order chi connectivity index (χ1) is 7.02. The van der Waals surface area contributed by atoms with Crippen molar-refractivity contribution >= 4 is 11.4 Å². The van der Waals surface area contributed by atoms with E-state index in [4.69, 9.17) is 5.73 Å². The highest BCUT2D eigenvalue weighted by atomic mass is 19.1. The van der Waals surface area contributed by atoms with Crippen LogP contribution in [0.25, 0.3) is 0 Å². The summed E-state index contributed by atoms with van der Waals surface area (Å²) in [7, 11) is 0. The number of rotatable bonds is 1. The number of anilines is 2. The molecule has 1 saturated heterocycles. The fourth-order valence-electron chi connectivity index (χ4n) is 2.31. The predicted octanol–water partition coefficient (Wildman–Crippen LogP) is 2.79. The summed E-state index contributed by atoms with van der Waals surface area (Å²) >= 11 is 0. The van der Waals surface area contributed by atoms with Crippen molar-refractivity contribution in [3.63, 3.8) is 0 Å². The Bertz CT molecular complexity index is 374. The molecule has 15 heavy (non-hydrogen) atoms. The van der Waals surface area contributed by atoms with Crippen LogP contribution in [-0.4, -0.2) is 12.1 Å². The number of para-hydroxylation sites is 1. The average Bonchev–Trinajstić information content (AvgIpc) is 2.50. The number of nitrogen functional groups attached to an aromatic ring is 1. The van der Waals surface area contributed by atoms with Gasteiger partial charge in [0.1, 0.15) is 5.82 Å². The Balaban J connectivity index is 2.41. The van der Waals surface area contributed by atoms with E-state index in [-0.39, 0.29) is 17.0 Å². The summed E-state index contributed by atoms with van der Waals surface area (Å²) in [6.45, 7) is 5.30. The molecule has 1 aliphatic rings. The summed E-state index contributed by atoms with van der Waals surface area (Å²) in [6, 6.07) is 5.02. The molecule has 0 unspecified atom stereocenters. The van der Waals surface area contributed by atoms with E-state index < -0.39 is 0 Å². The van der Waals surface area contributed by atoms with Gasteiger partial charge in [0.05, 0.1) is 11.4 Å². The Morgan fingerprint density at radius 2 is 2.13 bits per heavy atom. The van der Waals surface area contributed by atoms with E-state index in [1.807, 2.05) is 6.07 Å². The second kappa shape index (κ2) is 3.40.